The minimum Gasteiger partial charge on any atom is -0.372 e. The van der Waals surface area contributed by atoms with Crippen LogP contribution >= 0.6 is 11.6 Å². The zero-order valence-electron chi connectivity index (χ0n) is 13.2. The standard InChI is InChI=1S/C18H27ClN2/c1-13-3-8-16(9-4-13)21(2)17-10-5-14(18(19)11-17)12-20-15-6-7-15/h5,10-11,13,15-16,20H,3-4,6-9,12H2,1-2H3. The molecule has 0 aliphatic heterocycles. The van der Waals surface area contributed by atoms with Crippen molar-refractivity contribution in [1.82, 2.24) is 5.32 Å². The molecule has 1 N–H and O–H groups in total. The van der Waals surface area contributed by atoms with E-state index in [4.69, 9.17) is 11.6 Å². The SMILES string of the molecule is CC1CCC(N(C)c2ccc(CNC3CC3)c(Cl)c2)CC1. The van der Waals surface area contributed by atoms with Crippen LogP contribution in [0.15, 0.2) is 18.2 Å². The molecule has 0 amide bonds. The first-order chi connectivity index (χ1) is 10.1. The van der Waals surface area contributed by atoms with E-state index in [2.05, 4.69) is 42.4 Å². The van der Waals surface area contributed by atoms with Gasteiger partial charge in [-0.1, -0.05) is 24.6 Å². The van der Waals surface area contributed by atoms with Crippen LogP contribution < -0.4 is 10.2 Å². The van der Waals surface area contributed by atoms with Crippen molar-refractivity contribution in [3.05, 3.63) is 28.8 Å². The fourth-order valence-electron chi connectivity index (χ4n) is 3.28. The molecule has 3 heteroatoms. The van der Waals surface area contributed by atoms with Gasteiger partial charge in [0.05, 0.1) is 0 Å². The average molecular weight is 307 g/mol. The van der Waals surface area contributed by atoms with Crippen molar-refractivity contribution in [2.75, 3.05) is 11.9 Å². The zero-order chi connectivity index (χ0) is 14.8. The Kier molecular flexibility index (Phi) is 4.75. The molecule has 0 spiro atoms. The van der Waals surface area contributed by atoms with Crippen LogP contribution in [0, 0.1) is 5.92 Å². The largest absolute Gasteiger partial charge is 0.372 e. The number of halogens is 1. The number of rotatable bonds is 5. The number of nitrogens with one attached hydrogen (secondary N) is 1. The molecule has 1 aromatic carbocycles. The highest BCUT2D eigenvalue weighted by Crippen LogP contribution is 2.31. The van der Waals surface area contributed by atoms with E-state index < -0.39 is 0 Å². The number of nitrogens with zero attached hydrogens (tertiary/aromatic N) is 1. The van der Waals surface area contributed by atoms with Crippen LogP contribution in [0.1, 0.15) is 51.0 Å². The third-order valence-electron chi connectivity index (χ3n) is 5.14. The molecule has 0 unspecified atom stereocenters. The monoisotopic (exact) mass is 306 g/mol. The van der Waals surface area contributed by atoms with Gasteiger partial charge in [-0.25, -0.2) is 0 Å². The Balaban J connectivity index is 1.62. The molecule has 21 heavy (non-hydrogen) atoms. The highest BCUT2D eigenvalue weighted by molar-refractivity contribution is 6.31. The Hall–Kier alpha value is -0.730. The van der Waals surface area contributed by atoms with Crippen LogP contribution in [-0.4, -0.2) is 19.1 Å². The second-order valence-electron chi connectivity index (χ2n) is 6.96. The van der Waals surface area contributed by atoms with Crippen LogP contribution in [0.25, 0.3) is 0 Å². The van der Waals surface area contributed by atoms with Crippen molar-refractivity contribution in [3.63, 3.8) is 0 Å². The van der Waals surface area contributed by atoms with Gasteiger partial charge < -0.3 is 10.2 Å². The number of hydrogen-bond donors (Lipinski definition) is 1. The van der Waals surface area contributed by atoms with Crippen LogP contribution in [0.4, 0.5) is 5.69 Å². The number of anilines is 1. The van der Waals surface area contributed by atoms with Crippen LogP contribution in [-0.2, 0) is 6.54 Å². The van der Waals surface area contributed by atoms with E-state index in [1.54, 1.807) is 0 Å². The van der Waals surface area contributed by atoms with Crippen molar-refractivity contribution < 1.29 is 0 Å². The predicted octanol–water partition coefficient (Wildman–Crippen LogP) is 4.61. The van der Waals surface area contributed by atoms with E-state index in [1.807, 2.05) is 0 Å². The van der Waals surface area contributed by atoms with E-state index >= 15 is 0 Å². The van der Waals surface area contributed by atoms with Gasteiger partial charge in [-0.15, -0.1) is 0 Å². The van der Waals surface area contributed by atoms with Gasteiger partial charge in [0.15, 0.2) is 0 Å². The lowest BCUT2D eigenvalue weighted by molar-refractivity contribution is 0.341. The predicted molar refractivity (Wildman–Crippen MR) is 91.1 cm³/mol. The Morgan fingerprint density at radius 2 is 1.86 bits per heavy atom. The minimum absolute atomic E-state index is 0.674. The first-order valence-electron chi connectivity index (χ1n) is 8.38. The summed E-state index contributed by atoms with van der Waals surface area (Å²) in [5, 5.41) is 4.43. The lowest BCUT2D eigenvalue weighted by Gasteiger charge is -2.35. The van der Waals surface area contributed by atoms with E-state index in [1.165, 1.54) is 49.8 Å². The van der Waals surface area contributed by atoms with E-state index in [0.717, 1.165) is 23.5 Å². The molecule has 2 fully saturated rings. The third-order valence-corrected chi connectivity index (χ3v) is 5.49. The fourth-order valence-corrected chi connectivity index (χ4v) is 3.52. The minimum atomic E-state index is 0.674. The number of hydrogen-bond acceptors (Lipinski definition) is 2. The lowest BCUT2D eigenvalue weighted by atomic mass is 9.86. The summed E-state index contributed by atoms with van der Waals surface area (Å²) < 4.78 is 0. The van der Waals surface area contributed by atoms with E-state index in [-0.39, 0.29) is 0 Å². The van der Waals surface area contributed by atoms with E-state index in [9.17, 15) is 0 Å². The topological polar surface area (TPSA) is 15.3 Å². The Morgan fingerprint density at radius 1 is 1.14 bits per heavy atom. The molecule has 0 saturated heterocycles. The summed E-state index contributed by atoms with van der Waals surface area (Å²) in [6.45, 7) is 3.27. The molecule has 116 valence electrons. The maximum atomic E-state index is 6.47. The Morgan fingerprint density at radius 3 is 2.48 bits per heavy atom. The van der Waals surface area contributed by atoms with Crippen LogP contribution in [0.3, 0.4) is 0 Å². The summed E-state index contributed by atoms with van der Waals surface area (Å²) in [6, 6.07) is 7.96. The summed E-state index contributed by atoms with van der Waals surface area (Å²) in [5.74, 6) is 0.897. The second-order valence-corrected chi connectivity index (χ2v) is 7.36. The van der Waals surface area contributed by atoms with Gasteiger partial charge >= 0.3 is 0 Å². The van der Waals surface area contributed by atoms with Crippen molar-refractivity contribution in [2.24, 2.45) is 5.92 Å². The van der Waals surface area contributed by atoms with Gasteiger partial charge in [0.2, 0.25) is 0 Å². The molecule has 3 rings (SSSR count). The van der Waals surface area contributed by atoms with Crippen LogP contribution in [0.5, 0.6) is 0 Å². The van der Waals surface area contributed by atoms with Crippen molar-refractivity contribution in [2.45, 2.75) is 64.1 Å². The quantitative estimate of drug-likeness (QED) is 0.855. The summed E-state index contributed by atoms with van der Waals surface area (Å²) in [7, 11) is 2.22. The molecule has 0 heterocycles. The zero-order valence-corrected chi connectivity index (χ0v) is 14.0. The molecule has 0 atom stereocenters. The molecular formula is C18H27ClN2. The van der Waals surface area contributed by atoms with Crippen molar-refractivity contribution >= 4 is 17.3 Å². The smallest absolute Gasteiger partial charge is 0.0471 e. The summed E-state index contributed by atoms with van der Waals surface area (Å²) in [4.78, 5) is 2.43. The Bertz CT molecular complexity index is 476. The normalized spacial score (nSPS) is 25.9. The summed E-state index contributed by atoms with van der Waals surface area (Å²) >= 11 is 6.47. The average Bonchev–Trinajstić information content (AvgIpc) is 3.30. The van der Waals surface area contributed by atoms with Gasteiger partial charge in [0.1, 0.15) is 0 Å². The van der Waals surface area contributed by atoms with Gasteiger partial charge in [-0.05, 0) is 62.1 Å². The highest BCUT2D eigenvalue weighted by atomic mass is 35.5. The molecule has 2 nitrogen and oxygen atoms in total. The molecule has 0 radical (unpaired) electrons. The molecular weight excluding hydrogens is 280 g/mol. The van der Waals surface area contributed by atoms with E-state index in [0.29, 0.717) is 6.04 Å². The number of benzene rings is 1. The highest BCUT2D eigenvalue weighted by Gasteiger charge is 2.23. The maximum Gasteiger partial charge on any atom is 0.0471 e. The van der Waals surface area contributed by atoms with Crippen molar-refractivity contribution in [1.29, 1.82) is 0 Å². The second kappa shape index (κ2) is 6.58. The molecule has 0 aromatic heterocycles. The molecule has 2 aliphatic rings. The van der Waals surface area contributed by atoms with Gasteiger partial charge in [0.25, 0.3) is 0 Å². The van der Waals surface area contributed by atoms with Gasteiger partial charge in [-0.2, -0.15) is 0 Å². The molecule has 2 aliphatic carbocycles. The Labute approximate surface area is 133 Å². The third kappa shape index (κ3) is 3.92. The summed E-state index contributed by atoms with van der Waals surface area (Å²) in [5.41, 5.74) is 2.48. The lowest BCUT2D eigenvalue weighted by Crippen LogP contribution is -2.34. The molecule has 0 bridgehead atoms. The maximum absolute atomic E-state index is 6.47. The molecule has 1 aromatic rings. The fraction of sp³-hybridized carbons (Fsp3) is 0.667. The van der Waals surface area contributed by atoms with Crippen molar-refractivity contribution in [3.8, 4) is 0 Å². The van der Waals surface area contributed by atoms with Gasteiger partial charge in [-0.3, -0.25) is 0 Å². The molecule has 2 saturated carbocycles. The first-order valence-corrected chi connectivity index (χ1v) is 8.76. The van der Waals surface area contributed by atoms with Crippen LogP contribution in [0.2, 0.25) is 5.02 Å². The van der Waals surface area contributed by atoms with Gasteiger partial charge in [0, 0.05) is 36.4 Å². The summed E-state index contributed by atoms with van der Waals surface area (Å²) in [6.07, 6.45) is 7.95. The first kappa shape index (κ1) is 15.2.